The van der Waals surface area contributed by atoms with Crippen LogP contribution in [-0.4, -0.2) is 47.0 Å². The number of aromatic nitrogens is 2. The predicted octanol–water partition coefficient (Wildman–Crippen LogP) is 1.05. The zero-order valence-corrected chi connectivity index (χ0v) is 16.8. The van der Waals surface area contributed by atoms with Crippen LogP contribution in [-0.2, 0) is 12.8 Å². The molecule has 1 atom stereocenters. The first-order chi connectivity index (χ1) is 13.9. The highest BCUT2D eigenvalue weighted by Crippen LogP contribution is 2.24. The summed E-state index contributed by atoms with van der Waals surface area (Å²) in [6.45, 7) is 6.06. The van der Waals surface area contributed by atoms with Crippen molar-refractivity contribution in [1.29, 1.82) is 0 Å². The van der Waals surface area contributed by atoms with Crippen LogP contribution >= 0.6 is 0 Å². The van der Waals surface area contributed by atoms with Crippen molar-refractivity contribution in [2.24, 2.45) is 0 Å². The molecule has 1 saturated heterocycles. The lowest BCUT2D eigenvalue weighted by atomic mass is 9.95. The third-order valence-corrected chi connectivity index (χ3v) is 5.84. The molecule has 1 unspecified atom stereocenters. The maximum absolute atomic E-state index is 13.1. The van der Waals surface area contributed by atoms with Crippen molar-refractivity contribution >= 4 is 5.91 Å². The minimum atomic E-state index is -0.579. The standard InChI is InChI=1S/C21H26N4O4/c1-12-10-17(14-4-3-7-22-11-14)29-21(28)18(12)20(27)25-8-5-15-16(6-9-25)23-13(2)24-19(15)26/h10,14,22H,3-9,11H2,1-2H3,(H,23,24,26). The molecular weight excluding hydrogens is 372 g/mol. The van der Waals surface area contributed by atoms with Gasteiger partial charge in [0.05, 0.1) is 5.69 Å². The molecule has 2 aliphatic heterocycles. The van der Waals surface area contributed by atoms with Gasteiger partial charge < -0.3 is 19.6 Å². The smallest absolute Gasteiger partial charge is 0.349 e. The van der Waals surface area contributed by atoms with Crippen LogP contribution in [0.3, 0.4) is 0 Å². The summed E-state index contributed by atoms with van der Waals surface area (Å²) in [6.07, 6.45) is 2.91. The van der Waals surface area contributed by atoms with Crippen LogP contribution in [0.2, 0.25) is 0 Å². The number of nitrogens with zero attached hydrogens (tertiary/aromatic N) is 2. The first-order valence-corrected chi connectivity index (χ1v) is 10.2. The first kappa shape index (κ1) is 19.6. The summed E-state index contributed by atoms with van der Waals surface area (Å²) in [4.78, 5) is 46.8. The fraction of sp³-hybridized carbons (Fsp3) is 0.524. The fourth-order valence-electron chi connectivity index (χ4n) is 4.28. The van der Waals surface area contributed by atoms with Gasteiger partial charge in [0.1, 0.15) is 17.1 Å². The first-order valence-electron chi connectivity index (χ1n) is 10.2. The van der Waals surface area contributed by atoms with Gasteiger partial charge in [-0.3, -0.25) is 9.59 Å². The Labute approximate surface area is 168 Å². The SMILES string of the molecule is Cc1nc2c(c(=O)[nH]1)CCN(C(=O)c1c(C)cc(C3CCCNC3)oc1=O)CC2. The van der Waals surface area contributed by atoms with E-state index >= 15 is 0 Å². The minimum Gasteiger partial charge on any atom is -0.427 e. The molecule has 2 aliphatic rings. The molecule has 1 fully saturated rings. The highest BCUT2D eigenvalue weighted by molar-refractivity contribution is 5.95. The number of rotatable bonds is 2. The number of aryl methyl sites for hydroxylation is 2. The Morgan fingerprint density at radius 1 is 1.24 bits per heavy atom. The predicted molar refractivity (Wildman–Crippen MR) is 107 cm³/mol. The number of fused-ring (bicyclic) bond motifs is 1. The van der Waals surface area contributed by atoms with E-state index in [2.05, 4.69) is 15.3 Å². The van der Waals surface area contributed by atoms with E-state index in [9.17, 15) is 14.4 Å². The van der Waals surface area contributed by atoms with E-state index in [1.807, 2.05) is 6.07 Å². The maximum Gasteiger partial charge on any atom is 0.349 e. The van der Waals surface area contributed by atoms with Crippen LogP contribution < -0.4 is 16.5 Å². The molecule has 4 heterocycles. The summed E-state index contributed by atoms with van der Waals surface area (Å²) in [5, 5.41) is 3.31. The number of H-pyrrole nitrogens is 1. The van der Waals surface area contributed by atoms with Crippen molar-refractivity contribution in [2.75, 3.05) is 26.2 Å². The number of nitrogens with one attached hydrogen (secondary N) is 2. The number of carbonyl (C=O) groups excluding carboxylic acids is 1. The maximum atomic E-state index is 13.1. The monoisotopic (exact) mass is 398 g/mol. The summed E-state index contributed by atoms with van der Waals surface area (Å²) in [5.41, 5.74) is 1.34. The molecule has 4 rings (SSSR count). The van der Waals surface area contributed by atoms with Crippen molar-refractivity contribution < 1.29 is 9.21 Å². The lowest BCUT2D eigenvalue weighted by molar-refractivity contribution is 0.0756. The molecule has 2 aromatic rings. The minimum absolute atomic E-state index is 0.0847. The topological polar surface area (TPSA) is 108 Å². The summed E-state index contributed by atoms with van der Waals surface area (Å²) < 4.78 is 5.56. The van der Waals surface area contributed by atoms with E-state index in [0.717, 1.165) is 31.6 Å². The van der Waals surface area contributed by atoms with Crippen molar-refractivity contribution in [3.8, 4) is 0 Å². The van der Waals surface area contributed by atoms with Crippen LogP contribution in [0.4, 0.5) is 0 Å². The molecule has 8 heteroatoms. The van der Waals surface area contributed by atoms with Crippen molar-refractivity contribution in [3.63, 3.8) is 0 Å². The summed E-state index contributed by atoms with van der Waals surface area (Å²) in [7, 11) is 0. The molecule has 0 aliphatic carbocycles. The van der Waals surface area contributed by atoms with Crippen molar-refractivity contribution in [2.45, 2.75) is 45.4 Å². The van der Waals surface area contributed by atoms with Gasteiger partial charge >= 0.3 is 5.63 Å². The highest BCUT2D eigenvalue weighted by atomic mass is 16.4. The Hall–Kier alpha value is -2.74. The number of hydrogen-bond donors (Lipinski definition) is 2. The third kappa shape index (κ3) is 3.89. The van der Waals surface area contributed by atoms with Crippen molar-refractivity contribution in [1.82, 2.24) is 20.2 Å². The Morgan fingerprint density at radius 3 is 2.76 bits per heavy atom. The van der Waals surface area contributed by atoms with Gasteiger partial charge in [-0.1, -0.05) is 0 Å². The van der Waals surface area contributed by atoms with E-state index in [1.165, 1.54) is 0 Å². The summed E-state index contributed by atoms with van der Waals surface area (Å²) in [5.74, 6) is 1.03. The van der Waals surface area contributed by atoms with Gasteiger partial charge in [-0.25, -0.2) is 9.78 Å². The van der Waals surface area contributed by atoms with Gasteiger partial charge in [0, 0.05) is 37.5 Å². The fourth-order valence-corrected chi connectivity index (χ4v) is 4.28. The van der Waals surface area contributed by atoms with Gasteiger partial charge in [-0.15, -0.1) is 0 Å². The van der Waals surface area contributed by atoms with E-state index in [4.69, 9.17) is 4.42 Å². The van der Waals surface area contributed by atoms with Crippen LogP contribution in [0, 0.1) is 13.8 Å². The summed E-state index contributed by atoms with van der Waals surface area (Å²) >= 11 is 0. The zero-order valence-electron chi connectivity index (χ0n) is 16.8. The summed E-state index contributed by atoms with van der Waals surface area (Å²) in [6, 6.07) is 1.83. The van der Waals surface area contributed by atoms with Crippen LogP contribution in [0.5, 0.6) is 0 Å². The average Bonchev–Trinajstić information content (AvgIpc) is 2.91. The van der Waals surface area contributed by atoms with E-state index < -0.39 is 5.63 Å². The number of piperidine rings is 1. The number of amides is 1. The van der Waals surface area contributed by atoms with Crippen LogP contribution in [0.15, 0.2) is 20.1 Å². The van der Waals surface area contributed by atoms with Gasteiger partial charge in [-0.2, -0.15) is 0 Å². The molecule has 2 N–H and O–H groups in total. The van der Waals surface area contributed by atoms with Crippen LogP contribution in [0.1, 0.15) is 57.5 Å². The van der Waals surface area contributed by atoms with Gasteiger partial charge in [0.25, 0.3) is 11.5 Å². The van der Waals surface area contributed by atoms with E-state index in [-0.39, 0.29) is 22.9 Å². The number of aromatic amines is 1. The molecule has 0 radical (unpaired) electrons. The molecule has 8 nitrogen and oxygen atoms in total. The average molecular weight is 398 g/mol. The van der Waals surface area contributed by atoms with E-state index in [0.29, 0.717) is 48.6 Å². The molecule has 0 aromatic carbocycles. The molecule has 1 amide bonds. The highest BCUT2D eigenvalue weighted by Gasteiger charge is 2.27. The molecule has 0 bridgehead atoms. The molecule has 154 valence electrons. The Balaban J connectivity index is 1.58. The van der Waals surface area contributed by atoms with Crippen molar-refractivity contribution in [3.05, 3.63) is 60.8 Å². The van der Waals surface area contributed by atoms with Gasteiger partial charge in [0.15, 0.2) is 0 Å². The second-order valence-corrected chi connectivity index (χ2v) is 7.91. The Morgan fingerprint density at radius 2 is 2.03 bits per heavy atom. The zero-order chi connectivity index (χ0) is 20.5. The quantitative estimate of drug-likeness (QED) is 0.783. The molecule has 29 heavy (non-hydrogen) atoms. The number of carbonyl (C=O) groups is 1. The lowest BCUT2D eigenvalue weighted by Crippen LogP contribution is -2.37. The second kappa shape index (κ2) is 7.94. The van der Waals surface area contributed by atoms with E-state index in [1.54, 1.807) is 18.7 Å². The Kier molecular flexibility index (Phi) is 5.36. The molecule has 0 saturated carbocycles. The molecular formula is C21H26N4O4. The molecule has 0 spiro atoms. The second-order valence-electron chi connectivity index (χ2n) is 7.91. The van der Waals surface area contributed by atoms with Crippen LogP contribution in [0.25, 0.3) is 0 Å². The molecule has 2 aromatic heterocycles. The van der Waals surface area contributed by atoms with Gasteiger partial charge in [-0.05, 0) is 51.3 Å². The lowest BCUT2D eigenvalue weighted by Gasteiger charge is -2.23. The van der Waals surface area contributed by atoms with Gasteiger partial charge in [0.2, 0.25) is 0 Å². The largest absolute Gasteiger partial charge is 0.427 e. The normalized spacial score (nSPS) is 19.5. The Bertz CT molecular complexity index is 1050. The number of hydrogen-bond acceptors (Lipinski definition) is 6. The third-order valence-electron chi connectivity index (χ3n) is 5.84.